The zero-order valence-corrected chi connectivity index (χ0v) is 20.3. The number of carbonyl (C=O) groups excluding carboxylic acids is 1. The first-order valence-electron chi connectivity index (χ1n) is 10.8. The van der Waals surface area contributed by atoms with E-state index in [0.717, 1.165) is 21.5 Å². The smallest absolute Gasteiger partial charge is 0.243 e. The van der Waals surface area contributed by atoms with E-state index in [1.54, 1.807) is 23.9 Å². The van der Waals surface area contributed by atoms with Crippen LogP contribution >= 0.6 is 11.8 Å². The van der Waals surface area contributed by atoms with Crippen molar-refractivity contribution in [2.75, 3.05) is 37.4 Å². The predicted octanol–water partition coefficient (Wildman–Crippen LogP) is 3.99. The Bertz CT molecular complexity index is 1250. The van der Waals surface area contributed by atoms with Crippen LogP contribution < -0.4 is 5.32 Å². The number of amides is 1. The Morgan fingerprint density at radius 2 is 1.82 bits per heavy atom. The molecule has 0 atom stereocenters. The summed E-state index contributed by atoms with van der Waals surface area (Å²) in [4.78, 5) is 17.3. The molecule has 2 heterocycles. The number of sulfonamides is 1. The summed E-state index contributed by atoms with van der Waals surface area (Å²) in [5, 5.41) is 4.89. The molecule has 2 aromatic carbocycles. The van der Waals surface area contributed by atoms with Gasteiger partial charge in [-0.15, -0.1) is 11.8 Å². The van der Waals surface area contributed by atoms with Gasteiger partial charge in [0.2, 0.25) is 15.9 Å². The van der Waals surface area contributed by atoms with Gasteiger partial charge in [-0.05, 0) is 55.3 Å². The minimum Gasteiger partial charge on any atom is -0.379 e. The lowest BCUT2D eigenvalue weighted by atomic mass is 10.1. The molecule has 3 aromatic rings. The van der Waals surface area contributed by atoms with Gasteiger partial charge in [0, 0.05) is 36.3 Å². The molecule has 1 saturated heterocycles. The Morgan fingerprint density at radius 1 is 1.09 bits per heavy atom. The Balaban J connectivity index is 1.32. The normalized spacial score (nSPS) is 15.0. The largest absolute Gasteiger partial charge is 0.379 e. The minimum atomic E-state index is -3.54. The second-order valence-corrected chi connectivity index (χ2v) is 11.0. The molecule has 0 spiro atoms. The average Bonchev–Trinajstić information content (AvgIpc) is 2.81. The number of aryl methyl sites for hydroxylation is 2. The Labute approximate surface area is 198 Å². The maximum absolute atomic E-state index is 12.7. The molecule has 1 aliphatic heterocycles. The Kier molecular flexibility index (Phi) is 7.33. The number of hydrogen-bond acceptors (Lipinski definition) is 6. The van der Waals surface area contributed by atoms with Gasteiger partial charge in [0.25, 0.3) is 0 Å². The van der Waals surface area contributed by atoms with Gasteiger partial charge in [0.1, 0.15) is 0 Å². The van der Waals surface area contributed by atoms with E-state index in [1.807, 2.05) is 19.1 Å². The molecule has 1 fully saturated rings. The van der Waals surface area contributed by atoms with Gasteiger partial charge < -0.3 is 10.1 Å². The van der Waals surface area contributed by atoms with Crippen LogP contribution in [-0.4, -0.2) is 55.7 Å². The highest BCUT2D eigenvalue weighted by Crippen LogP contribution is 2.26. The first-order valence-corrected chi connectivity index (χ1v) is 13.2. The van der Waals surface area contributed by atoms with Crippen molar-refractivity contribution in [3.05, 3.63) is 59.7 Å². The number of benzene rings is 2. The highest BCUT2D eigenvalue weighted by atomic mass is 32.2. The first kappa shape index (κ1) is 23.7. The van der Waals surface area contributed by atoms with Crippen molar-refractivity contribution in [2.24, 2.45) is 0 Å². The summed E-state index contributed by atoms with van der Waals surface area (Å²) in [6.07, 6.45) is 0.324. The van der Waals surface area contributed by atoms with Gasteiger partial charge >= 0.3 is 0 Å². The molecule has 0 aliphatic carbocycles. The fraction of sp³-hybridized carbons (Fsp3) is 0.333. The van der Waals surface area contributed by atoms with E-state index < -0.39 is 10.0 Å². The molecule has 7 nitrogen and oxygen atoms in total. The first-order chi connectivity index (χ1) is 15.8. The van der Waals surface area contributed by atoms with E-state index in [2.05, 4.69) is 24.4 Å². The third-order valence-electron chi connectivity index (χ3n) is 5.55. The van der Waals surface area contributed by atoms with Crippen LogP contribution in [0.1, 0.15) is 17.5 Å². The fourth-order valence-corrected chi connectivity index (χ4v) is 6.04. The summed E-state index contributed by atoms with van der Waals surface area (Å²) in [7, 11) is -3.54. The standard InChI is InChI=1S/C24H27N3O4S2/c1-17-4-3-5-21-18(2)16-23(26-24(17)21)32-15-10-22(28)25-19-6-8-20(9-7-19)33(29,30)27-11-13-31-14-12-27/h3-9,16H,10-15H2,1-2H3,(H,25,28). The molecule has 1 aliphatic rings. The summed E-state index contributed by atoms with van der Waals surface area (Å²) >= 11 is 1.55. The maximum Gasteiger partial charge on any atom is 0.243 e. The van der Waals surface area contributed by atoms with E-state index >= 15 is 0 Å². The van der Waals surface area contributed by atoms with Crippen LogP contribution in [0.2, 0.25) is 0 Å². The molecule has 33 heavy (non-hydrogen) atoms. The zero-order chi connectivity index (χ0) is 23.4. The molecule has 0 bridgehead atoms. The van der Waals surface area contributed by atoms with Crippen LogP contribution in [0.4, 0.5) is 5.69 Å². The molecule has 1 N–H and O–H groups in total. The molecule has 4 rings (SSSR count). The quantitative estimate of drug-likeness (QED) is 0.509. The van der Waals surface area contributed by atoms with E-state index in [4.69, 9.17) is 9.72 Å². The SMILES string of the molecule is Cc1cc(SCCC(=O)Nc2ccc(S(=O)(=O)N3CCOCC3)cc2)nc2c(C)cccc12. The van der Waals surface area contributed by atoms with Gasteiger partial charge in [-0.1, -0.05) is 18.2 Å². The molecule has 1 amide bonds. The van der Waals surface area contributed by atoms with Crippen molar-refractivity contribution in [1.29, 1.82) is 0 Å². The van der Waals surface area contributed by atoms with Crippen LogP contribution in [0.5, 0.6) is 0 Å². The van der Waals surface area contributed by atoms with Gasteiger partial charge in [-0.3, -0.25) is 4.79 Å². The number of nitrogens with zero attached hydrogens (tertiary/aromatic N) is 2. The number of para-hydroxylation sites is 1. The fourth-order valence-electron chi connectivity index (χ4n) is 3.72. The van der Waals surface area contributed by atoms with Crippen LogP contribution in [0.25, 0.3) is 10.9 Å². The number of anilines is 1. The van der Waals surface area contributed by atoms with Gasteiger partial charge in [0.05, 0.1) is 28.7 Å². The summed E-state index contributed by atoms with van der Waals surface area (Å²) in [6.45, 7) is 5.63. The Morgan fingerprint density at radius 3 is 2.55 bits per heavy atom. The summed E-state index contributed by atoms with van der Waals surface area (Å²) < 4.78 is 32.0. The number of nitrogens with one attached hydrogen (secondary N) is 1. The molecule has 9 heteroatoms. The zero-order valence-electron chi connectivity index (χ0n) is 18.7. The van der Waals surface area contributed by atoms with Crippen LogP contribution in [-0.2, 0) is 19.6 Å². The molecular weight excluding hydrogens is 458 g/mol. The van der Waals surface area contributed by atoms with Crippen molar-refractivity contribution in [2.45, 2.75) is 30.2 Å². The second-order valence-electron chi connectivity index (χ2n) is 7.94. The average molecular weight is 486 g/mol. The number of rotatable bonds is 7. The van der Waals surface area contributed by atoms with Crippen LogP contribution in [0.15, 0.2) is 58.5 Å². The minimum absolute atomic E-state index is 0.125. The maximum atomic E-state index is 12.7. The second kappa shape index (κ2) is 10.2. The number of thioether (sulfide) groups is 1. The number of pyridine rings is 1. The number of hydrogen-bond donors (Lipinski definition) is 1. The molecule has 0 saturated carbocycles. The summed E-state index contributed by atoms with van der Waals surface area (Å²) in [6, 6.07) is 14.5. The highest BCUT2D eigenvalue weighted by Gasteiger charge is 2.26. The van der Waals surface area contributed by atoms with Crippen molar-refractivity contribution in [1.82, 2.24) is 9.29 Å². The van der Waals surface area contributed by atoms with Crippen molar-refractivity contribution in [3.8, 4) is 0 Å². The van der Waals surface area contributed by atoms with Gasteiger partial charge in [-0.25, -0.2) is 13.4 Å². The number of morpholine rings is 1. The molecule has 174 valence electrons. The molecule has 1 aromatic heterocycles. The summed E-state index contributed by atoms with van der Waals surface area (Å²) in [5.74, 6) is 0.471. The lowest BCUT2D eigenvalue weighted by molar-refractivity contribution is -0.115. The van der Waals surface area contributed by atoms with Crippen molar-refractivity contribution in [3.63, 3.8) is 0 Å². The van der Waals surface area contributed by atoms with Gasteiger partial charge in [-0.2, -0.15) is 4.31 Å². The van der Waals surface area contributed by atoms with E-state index in [-0.39, 0.29) is 10.8 Å². The third kappa shape index (κ3) is 5.55. The number of fused-ring (bicyclic) bond motifs is 1. The van der Waals surface area contributed by atoms with Crippen molar-refractivity contribution < 1.29 is 17.9 Å². The van der Waals surface area contributed by atoms with E-state index in [9.17, 15) is 13.2 Å². The number of aromatic nitrogens is 1. The van der Waals surface area contributed by atoms with E-state index in [1.165, 1.54) is 22.0 Å². The highest BCUT2D eigenvalue weighted by molar-refractivity contribution is 7.99. The monoisotopic (exact) mass is 485 g/mol. The van der Waals surface area contributed by atoms with Crippen LogP contribution in [0.3, 0.4) is 0 Å². The Hall–Kier alpha value is -2.46. The predicted molar refractivity (Wildman–Crippen MR) is 131 cm³/mol. The van der Waals surface area contributed by atoms with Gasteiger partial charge in [0.15, 0.2) is 0 Å². The number of carbonyl (C=O) groups is 1. The molecule has 0 unspecified atom stereocenters. The van der Waals surface area contributed by atoms with E-state index in [0.29, 0.717) is 44.2 Å². The lowest BCUT2D eigenvalue weighted by Crippen LogP contribution is -2.40. The number of ether oxygens (including phenoxy) is 1. The topological polar surface area (TPSA) is 88.6 Å². The molecule has 0 radical (unpaired) electrons. The summed E-state index contributed by atoms with van der Waals surface area (Å²) in [5.41, 5.74) is 3.87. The molecular formula is C24H27N3O4S2. The lowest BCUT2D eigenvalue weighted by Gasteiger charge is -2.26. The third-order valence-corrected chi connectivity index (χ3v) is 8.38. The van der Waals surface area contributed by atoms with Crippen LogP contribution in [0, 0.1) is 13.8 Å². The van der Waals surface area contributed by atoms with Crippen molar-refractivity contribution >= 4 is 44.3 Å².